The van der Waals surface area contributed by atoms with Gasteiger partial charge in [-0.05, 0) is 36.1 Å². The molecule has 0 radical (unpaired) electrons. The molecule has 4 rings (SSSR count). The molecular weight excluding hydrogens is 322 g/mol. The van der Waals surface area contributed by atoms with Gasteiger partial charge in [-0.3, -0.25) is 9.59 Å². The van der Waals surface area contributed by atoms with Crippen LogP contribution >= 0.6 is 11.8 Å². The summed E-state index contributed by atoms with van der Waals surface area (Å²) >= 11 is 1.66. The molecule has 1 aliphatic rings. The molecule has 0 spiro atoms. The van der Waals surface area contributed by atoms with Crippen molar-refractivity contribution in [2.24, 2.45) is 0 Å². The summed E-state index contributed by atoms with van der Waals surface area (Å²) in [6.07, 6.45) is 2.19. The lowest BCUT2D eigenvalue weighted by molar-refractivity contribution is -0.135. The summed E-state index contributed by atoms with van der Waals surface area (Å²) in [5, 5.41) is 0.755. The molecule has 0 fully saturated rings. The number of esters is 1. The second-order valence-corrected chi connectivity index (χ2v) is 6.63. The third-order valence-corrected chi connectivity index (χ3v) is 5.11. The molecule has 4 nitrogen and oxygen atoms in total. The number of thioether (sulfide) groups is 1. The van der Waals surface area contributed by atoms with Crippen molar-refractivity contribution in [2.75, 3.05) is 6.26 Å². The lowest BCUT2D eigenvalue weighted by Crippen LogP contribution is -2.28. The number of rotatable bonds is 2. The van der Waals surface area contributed by atoms with Crippen LogP contribution in [-0.4, -0.2) is 17.2 Å². The molecule has 24 heavy (non-hydrogen) atoms. The van der Waals surface area contributed by atoms with Gasteiger partial charge in [0, 0.05) is 16.2 Å². The number of aromatic nitrogens is 1. The van der Waals surface area contributed by atoms with Crippen LogP contribution in [0.1, 0.15) is 23.5 Å². The highest BCUT2D eigenvalue weighted by Crippen LogP contribution is 2.40. The number of aromatic amines is 1. The highest BCUT2D eigenvalue weighted by molar-refractivity contribution is 7.98. The minimum atomic E-state index is -0.308. The normalized spacial score (nSPS) is 16.7. The van der Waals surface area contributed by atoms with Crippen molar-refractivity contribution in [3.63, 3.8) is 0 Å². The van der Waals surface area contributed by atoms with Crippen molar-refractivity contribution in [1.29, 1.82) is 0 Å². The molecule has 0 aliphatic carbocycles. The summed E-state index contributed by atoms with van der Waals surface area (Å²) < 4.78 is 5.46. The van der Waals surface area contributed by atoms with Gasteiger partial charge < -0.3 is 9.72 Å². The summed E-state index contributed by atoms with van der Waals surface area (Å²) in [4.78, 5) is 28.8. The molecule has 120 valence electrons. The summed E-state index contributed by atoms with van der Waals surface area (Å²) in [7, 11) is 0. The Morgan fingerprint density at radius 2 is 1.83 bits per heavy atom. The van der Waals surface area contributed by atoms with E-state index < -0.39 is 0 Å². The highest BCUT2D eigenvalue weighted by Gasteiger charge is 2.32. The van der Waals surface area contributed by atoms with Gasteiger partial charge in [-0.15, -0.1) is 11.8 Å². The maximum atomic E-state index is 12.6. The first-order chi connectivity index (χ1) is 11.7. The molecule has 3 aromatic rings. The van der Waals surface area contributed by atoms with E-state index in [9.17, 15) is 9.59 Å². The first kappa shape index (κ1) is 15.0. The van der Waals surface area contributed by atoms with Gasteiger partial charge in [-0.2, -0.15) is 0 Å². The molecule has 1 atom stereocenters. The summed E-state index contributed by atoms with van der Waals surface area (Å²) in [6, 6.07) is 15.3. The van der Waals surface area contributed by atoms with Gasteiger partial charge in [-0.25, -0.2) is 0 Å². The number of fused-ring (bicyclic) bond motifs is 3. The van der Waals surface area contributed by atoms with Crippen LogP contribution in [0.4, 0.5) is 0 Å². The number of ether oxygens (including phenoxy) is 1. The van der Waals surface area contributed by atoms with Crippen LogP contribution in [0.25, 0.3) is 10.9 Å². The summed E-state index contributed by atoms with van der Waals surface area (Å²) in [6.45, 7) is 0. The van der Waals surface area contributed by atoms with Gasteiger partial charge in [0.2, 0.25) is 0 Å². The zero-order valence-corrected chi connectivity index (χ0v) is 13.9. The number of pyridine rings is 1. The fourth-order valence-electron chi connectivity index (χ4n) is 3.20. The average Bonchev–Trinajstić information content (AvgIpc) is 2.61. The van der Waals surface area contributed by atoms with Gasteiger partial charge in [0.1, 0.15) is 5.75 Å². The molecule has 1 aliphatic heterocycles. The van der Waals surface area contributed by atoms with Crippen molar-refractivity contribution in [3.8, 4) is 5.75 Å². The lowest BCUT2D eigenvalue weighted by Gasteiger charge is -2.25. The van der Waals surface area contributed by atoms with E-state index in [2.05, 4.69) is 4.98 Å². The highest BCUT2D eigenvalue weighted by atomic mass is 32.2. The Morgan fingerprint density at radius 1 is 1.08 bits per heavy atom. The molecule has 0 saturated heterocycles. The Hall–Kier alpha value is -2.53. The monoisotopic (exact) mass is 337 g/mol. The van der Waals surface area contributed by atoms with Crippen LogP contribution in [0.15, 0.2) is 58.2 Å². The Bertz CT molecular complexity index is 992. The average molecular weight is 337 g/mol. The van der Waals surface area contributed by atoms with Crippen molar-refractivity contribution >= 4 is 28.6 Å². The van der Waals surface area contributed by atoms with Crippen molar-refractivity contribution in [2.45, 2.75) is 17.2 Å². The molecule has 0 saturated carbocycles. The number of benzene rings is 2. The van der Waals surface area contributed by atoms with Crippen LogP contribution in [0.5, 0.6) is 5.75 Å². The number of nitrogens with one attached hydrogen (secondary N) is 1. The molecule has 2 heterocycles. The Kier molecular flexibility index (Phi) is 3.65. The van der Waals surface area contributed by atoms with E-state index >= 15 is 0 Å². The maximum absolute atomic E-state index is 12.6. The zero-order chi connectivity index (χ0) is 16.7. The fraction of sp³-hybridized carbons (Fsp3) is 0.158. The van der Waals surface area contributed by atoms with Gasteiger partial charge in [-0.1, -0.05) is 24.3 Å². The predicted molar refractivity (Wildman–Crippen MR) is 94.9 cm³/mol. The standard InChI is InChI=1S/C19H15NO3S/c1-24-12-8-6-11(7-9-12)14-10-16(21)23-18-13-4-2-3-5-15(13)20-19(22)17(14)18/h2-9,14H,10H2,1H3,(H,20,22)/t14-/m1/s1. The molecule has 0 unspecified atom stereocenters. The molecule has 1 N–H and O–H groups in total. The summed E-state index contributed by atoms with van der Waals surface area (Å²) in [5.41, 5.74) is 1.96. The third-order valence-electron chi connectivity index (χ3n) is 4.36. The van der Waals surface area contributed by atoms with Crippen LogP contribution in [0, 0.1) is 0 Å². The molecule has 2 aromatic carbocycles. The van der Waals surface area contributed by atoms with Gasteiger partial charge in [0.05, 0.1) is 17.5 Å². The largest absolute Gasteiger partial charge is 0.425 e. The number of hydrogen-bond acceptors (Lipinski definition) is 4. The van der Waals surface area contributed by atoms with Crippen LogP contribution in [0.2, 0.25) is 0 Å². The zero-order valence-electron chi connectivity index (χ0n) is 13.0. The van der Waals surface area contributed by atoms with Crippen LogP contribution < -0.4 is 10.3 Å². The second-order valence-electron chi connectivity index (χ2n) is 5.75. The van der Waals surface area contributed by atoms with E-state index in [-0.39, 0.29) is 23.9 Å². The molecular formula is C19H15NO3S. The molecule has 0 amide bonds. The number of hydrogen-bond donors (Lipinski definition) is 1. The van der Waals surface area contributed by atoms with Crippen molar-refractivity contribution < 1.29 is 9.53 Å². The topological polar surface area (TPSA) is 59.2 Å². The van der Waals surface area contributed by atoms with E-state index in [4.69, 9.17) is 4.74 Å². The van der Waals surface area contributed by atoms with Crippen molar-refractivity contribution in [3.05, 3.63) is 70.0 Å². The first-order valence-electron chi connectivity index (χ1n) is 7.67. The van der Waals surface area contributed by atoms with E-state index in [1.54, 1.807) is 11.8 Å². The number of para-hydroxylation sites is 1. The molecule has 1 aromatic heterocycles. The Labute approximate surface area is 142 Å². The number of carbonyl (C=O) groups is 1. The summed E-state index contributed by atoms with van der Waals surface area (Å²) in [5.74, 6) is -0.202. The Balaban J connectivity index is 1.94. The maximum Gasteiger partial charge on any atom is 0.312 e. The van der Waals surface area contributed by atoms with Gasteiger partial charge in [0.25, 0.3) is 5.56 Å². The molecule has 0 bridgehead atoms. The molecule has 5 heteroatoms. The van der Waals surface area contributed by atoms with Gasteiger partial charge in [0.15, 0.2) is 0 Å². The van der Waals surface area contributed by atoms with E-state index in [1.807, 2.05) is 54.8 Å². The van der Waals surface area contributed by atoms with E-state index in [1.165, 1.54) is 0 Å². The van der Waals surface area contributed by atoms with Crippen LogP contribution in [-0.2, 0) is 4.79 Å². The minimum absolute atomic E-state index is 0.174. The Morgan fingerprint density at radius 3 is 2.58 bits per heavy atom. The van der Waals surface area contributed by atoms with E-state index in [0.717, 1.165) is 15.8 Å². The second kappa shape index (κ2) is 5.83. The van der Waals surface area contributed by atoms with Crippen LogP contribution in [0.3, 0.4) is 0 Å². The quantitative estimate of drug-likeness (QED) is 0.572. The number of carbonyl (C=O) groups excluding carboxylic acids is 1. The van der Waals surface area contributed by atoms with E-state index in [0.29, 0.717) is 16.8 Å². The van der Waals surface area contributed by atoms with Gasteiger partial charge >= 0.3 is 5.97 Å². The fourth-order valence-corrected chi connectivity index (χ4v) is 3.61. The lowest BCUT2D eigenvalue weighted by atomic mass is 9.86. The first-order valence-corrected chi connectivity index (χ1v) is 8.89. The number of H-pyrrole nitrogens is 1. The predicted octanol–water partition coefficient (Wildman–Crippen LogP) is 3.69. The minimum Gasteiger partial charge on any atom is -0.425 e. The third kappa shape index (κ3) is 2.41. The SMILES string of the molecule is CSc1ccc([C@H]2CC(=O)Oc3c2c(=O)[nH]c2ccccc32)cc1. The van der Waals surface area contributed by atoms with Crippen molar-refractivity contribution in [1.82, 2.24) is 4.98 Å². The smallest absolute Gasteiger partial charge is 0.312 e.